The number of nitrogens with zero attached hydrogens (tertiary/aromatic N) is 1. The molecule has 0 saturated heterocycles. The zero-order valence-electron chi connectivity index (χ0n) is 14.4. The second kappa shape index (κ2) is 16.3. The van der Waals surface area contributed by atoms with E-state index in [4.69, 9.17) is 15.5 Å². The van der Waals surface area contributed by atoms with Crippen molar-refractivity contribution in [3.63, 3.8) is 0 Å². The summed E-state index contributed by atoms with van der Waals surface area (Å²) >= 11 is 3.73. The molecule has 0 aliphatic rings. The smallest absolute Gasteiger partial charge is 0.327 e. The normalized spacial score (nSPS) is 10.9. The first-order valence-corrected chi connectivity index (χ1v) is 7.57. The topological polar surface area (TPSA) is 174 Å². The molecule has 2 amide bonds. The number of nitrogens with one attached hydrogen (secondary N) is 2. The summed E-state index contributed by atoms with van der Waals surface area (Å²) < 4.78 is 0. The number of rotatable bonds is 6. The van der Waals surface area contributed by atoms with Gasteiger partial charge in [-0.25, -0.2) is 9.59 Å². The fourth-order valence-electron chi connectivity index (χ4n) is 1.01. The number of ketones is 1. The molecule has 2 unspecified atom stereocenters. The Morgan fingerprint density at radius 3 is 1.36 bits per heavy atom. The van der Waals surface area contributed by atoms with Gasteiger partial charge in [0.15, 0.2) is 0 Å². The highest BCUT2D eigenvalue weighted by Crippen LogP contribution is 1.89. The maximum atomic E-state index is 10.3. The highest BCUT2D eigenvalue weighted by atomic mass is 32.1. The van der Waals surface area contributed by atoms with Crippen molar-refractivity contribution in [1.29, 1.82) is 5.26 Å². The fourth-order valence-corrected chi connectivity index (χ4v) is 1.26. The number of thiol groups is 1. The maximum absolute atomic E-state index is 10.3. The van der Waals surface area contributed by atoms with E-state index in [9.17, 15) is 24.0 Å². The molecule has 0 bridgehead atoms. The molecule has 0 spiro atoms. The van der Waals surface area contributed by atoms with E-state index in [2.05, 4.69) is 23.3 Å². The zero-order valence-corrected chi connectivity index (χ0v) is 15.3. The van der Waals surface area contributed by atoms with Gasteiger partial charge in [-0.3, -0.25) is 14.4 Å². The van der Waals surface area contributed by atoms with Crippen molar-refractivity contribution in [2.24, 2.45) is 0 Å². The van der Waals surface area contributed by atoms with E-state index < -0.39 is 29.8 Å². The van der Waals surface area contributed by atoms with Crippen molar-refractivity contribution in [3.8, 4) is 6.07 Å². The predicted molar refractivity (Wildman–Crippen MR) is 90.9 cm³/mol. The van der Waals surface area contributed by atoms with Crippen LogP contribution in [0.2, 0.25) is 0 Å². The molecule has 142 valence electrons. The highest BCUT2D eigenvalue weighted by molar-refractivity contribution is 7.80. The highest BCUT2D eigenvalue weighted by Gasteiger charge is 2.15. The number of aliphatic carboxylic acids is 2. The van der Waals surface area contributed by atoms with Crippen LogP contribution in [0, 0.1) is 11.3 Å². The van der Waals surface area contributed by atoms with Crippen LogP contribution in [0.5, 0.6) is 0 Å². The maximum Gasteiger partial charge on any atom is 0.327 e. The number of Topliss-reactive ketones (excluding diaryl/α,β-unsaturated/α-hetero) is 1. The lowest BCUT2D eigenvalue weighted by Gasteiger charge is -2.08. The summed E-state index contributed by atoms with van der Waals surface area (Å²) in [5.41, 5.74) is 0. The Labute approximate surface area is 151 Å². The number of hydrogen-bond donors (Lipinski definition) is 5. The van der Waals surface area contributed by atoms with Gasteiger partial charge in [-0.15, -0.1) is 0 Å². The molecule has 0 aliphatic heterocycles. The van der Waals surface area contributed by atoms with Crippen LogP contribution in [-0.4, -0.2) is 57.6 Å². The molecule has 0 saturated carbocycles. The van der Waals surface area contributed by atoms with Crippen molar-refractivity contribution in [1.82, 2.24) is 10.6 Å². The zero-order chi connectivity index (χ0) is 20.6. The predicted octanol–water partition coefficient (Wildman–Crippen LogP) is -0.410. The Kier molecular flexibility index (Phi) is 17.7. The van der Waals surface area contributed by atoms with Crippen molar-refractivity contribution in [2.45, 2.75) is 46.2 Å². The minimum Gasteiger partial charge on any atom is -0.480 e. The summed E-state index contributed by atoms with van der Waals surface area (Å²) in [6.45, 7) is 5.49. The number of carboxylic acid groups (broad SMARTS) is 2. The lowest BCUT2D eigenvalue weighted by molar-refractivity contribution is -0.141. The van der Waals surface area contributed by atoms with Gasteiger partial charge in [-0.05, 0) is 6.42 Å². The van der Waals surface area contributed by atoms with Crippen LogP contribution in [0.1, 0.15) is 34.1 Å². The molecule has 0 aromatic rings. The van der Waals surface area contributed by atoms with E-state index in [1.54, 1.807) is 6.92 Å². The van der Waals surface area contributed by atoms with Crippen LogP contribution in [0.3, 0.4) is 0 Å². The molecule has 0 aromatic heterocycles. The third kappa shape index (κ3) is 21.4. The molecule has 0 heterocycles. The molecule has 2 atom stereocenters. The van der Waals surface area contributed by atoms with E-state index in [1.807, 2.05) is 0 Å². The van der Waals surface area contributed by atoms with Gasteiger partial charge in [0, 0.05) is 26.5 Å². The standard InChI is InChI=1S/C6H11NO3.C5H9NO3S.C3H3NO/c1-3-5(6(9)10)7-4(2)8;1-3(7)6-4(2-10)5(8)9;1-3(5)2-4/h5H,3H2,1-2H3,(H,7,8)(H,9,10);4,10H,2H2,1H3,(H,6,7)(H,8,9);1H3. The number of hydrogen-bond acceptors (Lipinski definition) is 7. The van der Waals surface area contributed by atoms with Crippen molar-refractivity contribution in [3.05, 3.63) is 0 Å². The summed E-state index contributed by atoms with van der Waals surface area (Å²) in [5.74, 6) is -3.06. The fraction of sp³-hybridized carbons (Fsp3) is 0.571. The van der Waals surface area contributed by atoms with E-state index in [1.165, 1.54) is 26.8 Å². The van der Waals surface area contributed by atoms with Gasteiger partial charge in [-0.2, -0.15) is 17.9 Å². The molecule has 0 rings (SSSR count). The largest absolute Gasteiger partial charge is 0.480 e. The van der Waals surface area contributed by atoms with Gasteiger partial charge in [0.2, 0.25) is 17.6 Å². The average molecular weight is 377 g/mol. The summed E-state index contributed by atoms with van der Waals surface area (Å²) in [6, 6.07) is -0.224. The quantitative estimate of drug-likeness (QED) is 0.307. The third-order valence-electron chi connectivity index (χ3n) is 2.10. The van der Waals surface area contributed by atoms with E-state index in [-0.39, 0.29) is 17.6 Å². The van der Waals surface area contributed by atoms with Crippen LogP contribution in [-0.2, 0) is 24.0 Å². The van der Waals surface area contributed by atoms with E-state index in [0.717, 1.165) is 0 Å². The Morgan fingerprint density at radius 1 is 0.960 bits per heavy atom. The van der Waals surface area contributed by atoms with Crippen LogP contribution < -0.4 is 10.6 Å². The second-order valence-electron chi connectivity index (χ2n) is 4.44. The van der Waals surface area contributed by atoms with Crippen molar-refractivity contribution >= 4 is 42.2 Å². The van der Waals surface area contributed by atoms with Gasteiger partial charge in [0.1, 0.15) is 18.2 Å². The van der Waals surface area contributed by atoms with Crippen LogP contribution in [0.4, 0.5) is 0 Å². The molecule has 0 aromatic carbocycles. The van der Waals surface area contributed by atoms with Gasteiger partial charge < -0.3 is 20.8 Å². The van der Waals surface area contributed by atoms with Gasteiger partial charge in [0.25, 0.3) is 0 Å². The van der Waals surface area contributed by atoms with Crippen LogP contribution in [0.15, 0.2) is 0 Å². The molecule has 25 heavy (non-hydrogen) atoms. The van der Waals surface area contributed by atoms with Gasteiger partial charge in [0.05, 0.1) is 0 Å². The lowest BCUT2D eigenvalue weighted by atomic mass is 10.2. The first kappa shape index (κ1) is 27.2. The molecule has 0 fully saturated rings. The lowest BCUT2D eigenvalue weighted by Crippen LogP contribution is -2.40. The van der Waals surface area contributed by atoms with Crippen molar-refractivity contribution < 1.29 is 34.2 Å². The summed E-state index contributed by atoms with van der Waals surface area (Å²) in [7, 11) is 0. The number of nitriles is 1. The molecule has 4 N–H and O–H groups in total. The minimum absolute atomic E-state index is 0.106. The van der Waals surface area contributed by atoms with Gasteiger partial charge >= 0.3 is 11.9 Å². The Bertz CT molecular complexity index is 483. The third-order valence-corrected chi connectivity index (χ3v) is 2.46. The number of carboxylic acids is 2. The van der Waals surface area contributed by atoms with Gasteiger partial charge in [-0.1, -0.05) is 6.92 Å². The molecule has 0 radical (unpaired) electrons. The number of amides is 2. The summed E-state index contributed by atoms with van der Waals surface area (Å²) in [4.78, 5) is 50.6. The monoisotopic (exact) mass is 377 g/mol. The Balaban J connectivity index is -0.000000308. The molecule has 0 aliphatic carbocycles. The Morgan fingerprint density at radius 2 is 1.28 bits per heavy atom. The summed E-state index contributed by atoms with van der Waals surface area (Å²) in [5, 5.41) is 28.8. The van der Waals surface area contributed by atoms with Crippen LogP contribution >= 0.6 is 12.6 Å². The van der Waals surface area contributed by atoms with Crippen molar-refractivity contribution in [2.75, 3.05) is 5.75 Å². The molecular formula is C14H23N3O7S. The van der Waals surface area contributed by atoms with E-state index >= 15 is 0 Å². The first-order chi connectivity index (χ1) is 11.4. The summed E-state index contributed by atoms with van der Waals surface area (Å²) in [6.07, 6.45) is 0.412. The molecule has 10 nitrogen and oxygen atoms in total. The molecule has 11 heteroatoms. The van der Waals surface area contributed by atoms with Crippen LogP contribution in [0.25, 0.3) is 0 Å². The number of carbonyl (C=O) groups is 5. The SMILES string of the molecule is CC(=O)C#N.CC(=O)NC(CS)C(=O)O.CCC(NC(C)=O)C(=O)O. The molecular weight excluding hydrogens is 354 g/mol. The number of carbonyl (C=O) groups excluding carboxylic acids is 3. The Hall–Kier alpha value is -2.61. The first-order valence-electron chi connectivity index (χ1n) is 6.94. The average Bonchev–Trinajstić information content (AvgIpc) is 2.50. The second-order valence-corrected chi connectivity index (χ2v) is 4.81. The van der Waals surface area contributed by atoms with E-state index in [0.29, 0.717) is 6.42 Å². The minimum atomic E-state index is -1.06.